The fourth-order valence-corrected chi connectivity index (χ4v) is 3.00. The summed E-state index contributed by atoms with van der Waals surface area (Å²) in [7, 11) is 3.87. The molecule has 1 aliphatic rings. The standard InChI is InChI=1S/C16H22F2N2O3/c1-19(2)7-11-8-20(9-12(11)10-21)15(22)13-5-3-4-6-14(13)23-16(17)18/h3-6,11-12,16,21H,7-10H2,1-2H3/t11-,12-/m1/s1. The van der Waals surface area contributed by atoms with Crippen LogP contribution in [-0.2, 0) is 0 Å². The molecule has 0 unspecified atom stereocenters. The first kappa shape index (κ1) is 17.6. The lowest BCUT2D eigenvalue weighted by atomic mass is 9.97. The van der Waals surface area contributed by atoms with Crippen molar-refractivity contribution < 1.29 is 23.4 Å². The van der Waals surface area contributed by atoms with E-state index in [1.54, 1.807) is 17.0 Å². The van der Waals surface area contributed by atoms with Crippen molar-refractivity contribution in [3.8, 4) is 5.75 Å². The van der Waals surface area contributed by atoms with Gasteiger partial charge in [0.15, 0.2) is 0 Å². The maximum atomic E-state index is 12.6. The number of carbonyl (C=O) groups excluding carboxylic acids is 1. The average molecular weight is 328 g/mol. The second kappa shape index (κ2) is 7.70. The first-order chi connectivity index (χ1) is 10.9. The molecule has 1 aliphatic heterocycles. The van der Waals surface area contributed by atoms with Crippen molar-refractivity contribution in [2.45, 2.75) is 6.61 Å². The summed E-state index contributed by atoms with van der Waals surface area (Å²) in [6.45, 7) is -1.32. The van der Waals surface area contributed by atoms with Gasteiger partial charge in [0.25, 0.3) is 5.91 Å². The van der Waals surface area contributed by atoms with Crippen molar-refractivity contribution in [1.82, 2.24) is 9.80 Å². The van der Waals surface area contributed by atoms with Gasteiger partial charge in [-0.25, -0.2) is 0 Å². The third-order valence-electron chi connectivity index (χ3n) is 4.03. The highest BCUT2D eigenvalue weighted by Crippen LogP contribution is 2.28. The minimum absolute atomic E-state index is 0.00251. The van der Waals surface area contributed by atoms with Gasteiger partial charge in [0, 0.05) is 32.2 Å². The molecule has 1 aromatic carbocycles. The SMILES string of the molecule is CN(C)C[C@@H]1CN(C(=O)c2ccccc2OC(F)F)C[C@@H]1CO. The van der Waals surface area contributed by atoms with Crippen LogP contribution in [0, 0.1) is 11.8 Å². The molecule has 1 saturated heterocycles. The van der Waals surface area contributed by atoms with E-state index in [9.17, 15) is 18.7 Å². The summed E-state index contributed by atoms with van der Waals surface area (Å²) < 4.78 is 29.4. The number of alkyl halides is 2. The zero-order valence-electron chi connectivity index (χ0n) is 13.3. The molecule has 128 valence electrons. The third kappa shape index (κ3) is 4.39. The Hall–Kier alpha value is -1.73. The van der Waals surface area contributed by atoms with Crippen LogP contribution in [-0.4, -0.2) is 67.8 Å². The monoisotopic (exact) mass is 328 g/mol. The molecule has 7 heteroatoms. The number of para-hydroxylation sites is 1. The molecule has 2 atom stereocenters. The van der Waals surface area contributed by atoms with Crippen molar-refractivity contribution in [2.24, 2.45) is 11.8 Å². The van der Waals surface area contributed by atoms with Crippen LogP contribution in [0.2, 0.25) is 0 Å². The van der Waals surface area contributed by atoms with Crippen LogP contribution in [0.4, 0.5) is 8.78 Å². The van der Waals surface area contributed by atoms with Gasteiger partial charge < -0.3 is 19.6 Å². The predicted octanol–water partition coefficient (Wildman–Crippen LogP) is 1.53. The quantitative estimate of drug-likeness (QED) is 0.860. The molecule has 0 spiro atoms. The molecule has 0 radical (unpaired) electrons. The number of amides is 1. The fourth-order valence-electron chi connectivity index (χ4n) is 3.00. The highest BCUT2D eigenvalue weighted by Gasteiger charge is 2.36. The van der Waals surface area contributed by atoms with Crippen LogP contribution in [0.15, 0.2) is 24.3 Å². The third-order valence-corrected chi connectivity index (χ3v) is 4.03. The Kier molecular flexibility index (Phi) is 5.90. The summed E-state index contributed by atoms with van der Waals surface area (Å²) in [5, 5.41) is 9.51. The summed E-state index contributed by atoms with van der Waals surface area (Å²) in [5.74, 6) is -0.322. The van der Waals surface area contributed by atoms with E-state index in [0.29, 0.717) is 13.1 Å². The average Bonchev–Trinajstić information content (AvgIpc) is 2.88. The van der Waals surface area contributed by atoms with Crippen molar-refractivity contribution >= 4 is 5.91 Å². The Balaban J connectivity index is 2.15. The molecule has 1 amide bonds. The molecule has 23 heavy (non-hydrogen) atoms. The lowest BCUT2D eigenvalue weighted by molar-refractivity contribution is -0.0502. The molecule has 5 nitrogen and oxygen atoms in total. The van der Waals surface area contributed by atoms with Gasteiger partial charge in [0.05, 0.1) is 5.56 Å². The number of ether oxygens (including phenoxy) is 1. The molecule has 1 aromatic rings. The van der Waals surface area contributed by atoms with Crippen LogP contribution in [0.1, 0.15) is 10.4 Å². The fraction of sp³-hybridized carbons (Fsp3) is 0.562. The van der Waals surface area contributed by atoms with Crippen LogP contribution in [0.25, 0.3) is 0 Å². The number of likely N-dealkylation sites (tertiary alicyclic amines) is 1. The molecule has 1 fully saturated rings. The van der Waals surface area contributed by atoms with Crippen molar-refractivity contribution in [2.75, 3.05) is 40.3 Å². The van der Waals surface area contributed by atoms with E-state index in [4.69, 9.17) is 0 Å². The van der Waals surface area contributed by atoms with E-state index in [-0.39, 0.29) is 35.7 Å². The van der Waals surface area contributed by atoms with E-state index < -0.39 is 6.61 Å². The van der Waals surface area contributed by atoms with E-state index in [1.165, 1.54) is 12.1 Å². The number of rotatable bonds is 6. The second-order valence-electron chi connectivity index (χ2n) is 6.05. The highest BCUT2D eigenvalue weighted by molar-refractivity contribution is 5.97. The molecule has 0 aliphatic carbocycles. The van der Waals surface area contributed by atoms with Gasteiger partial charge >= 0.3 is 6.61 Å². The smallest absolute Gasteiger partial charge is 0.387 e. The second-order valence-corrected chi connectivity index (χ2v) is 6.05. The number of hydrogen-bond donors (Lipinski definition) is 1. The van der Waals surface area contributed by atoms with Crippen LogP contribution in [0.5, 0.6) is 5.75 Å². The first-order valence-corrected chi connectivity index (χ1v) is 7.51. The minimum Gasteiger partial charge on any atom is -0.434 e. The van der Waals surface area contributed by atoms with E-state index in [1.807, 2.05) is 19.0 Å². The van der Waals surface area contributed by atoms with Crippen LogP contribution < -0.4 is 4.74 Å². The van der Waals surface area contributed by atoms with E-state index >= 15 is 0 Å². The summed E-state index contributed by atoms with van der Waals surface area (Å²) in [6, 6.07) is 6.00. The first-order valence-electron chi connectivity index (χ1n) is 7.51. The molecule has 1 heterocycles. The maximum Gasteiger partial charge on any atom is 0.387 e. The maximum absolute atomic E-state index is 12.6. The largest absolute Gasteiger partial charge is 0.434 e. The predicted molar refractivity (Wildman–Crippen MR) is 81.6 cm³/mol. The molecule has 2 rings (SSSR count). The van der Waals surface area contributed by atoms with E-state index in [0.717, 1.165) is 6.54 Å². The van der Waals surface area contributed by atoms with Gasteiger partial charge in [0.2, 0.25) is 0 Å². The number of aliphatic hydroxyl groups excluding tert-OH is 1. The van der Waals surface area contributed by atoms with Crippen LogP contribution >= 0.6 is 0 Å². The minimum atomic E-state index is -2.98. The Labute approximate surface area is 134 Å². The number of halogens is 2. The Morgan fingerprint density at radius 3 is 2.61 bits per heavy atom. The zero-order valence-corrected chi connectivity index (χ0v) is 13.3. The molecular weight excluding hydrogens is 306 g/mol. The van der Waals surface area contributed by atoms with Gasteiger partial charge in [-0.2, -0.15) is 8.78 Å². The molecule has 1 N–H and O–H groups in total. The number of hydrogen-bond acceptors (Lipinski definition) is 4. The van der Waals surface area contributed by atoms with Gasteiger partial charge in [-0.3, -0.25) is 4.79 Å². The Morgan fingerprint density at radius 1 is 1.35 bits per heavy atom. The number of nitrogens with zero attached hydrogens (tertiary/aromatic N) is 2. The zero-order chi connectivity index (χ0) is 17.0. The molecule has 0 aromatic heterocycles. The van der Waals surface area contributed by atoms with Gasteiger partial charge in [-0.05, 0) is 32.1 Å². The molecular formula is C16H22F2N2O3. The Morgan fingerprint density at radius 2 is 2.00 bits per heavy atom. The number of carbonyl (C=O) groups is 1. The number of benzene rings is 1. The van der Waals surface area contributed by atoms with Crippen LogP contribution in [0.3, 0.4) is 0 Å². The molecule has 0 saturated carbocycles. The lowest BCUT2D eigenvalue weighted by Gasteiger charge is -2.20. The summed E-state index contributed by atoms with van der Waals surface area (Å²) in [6.07, 6.45) is 0. The normalized spacial score (nSPS) is 21.3. The van der Waals surface area contributed by atoms with Gasteiger partial charge in [0.1, 0.15) is 5.75 Å². The van der Waals surface area contributed by atoms with Crippen molar-refractivity contribution in [3.05, 3.63) is 29.8 Å². The lowest BCUT2D eigenvalue weighted by Crippen LogP contribution is -2.31. The molecule has 0 bridgehead atoms. The van der Waals surface area contributed by atoms with Gasteiger partial charge in [-0.1, -0.05) is 12.1 Å². The number of aliphatic hydroxyl groups is 1. The Bertz CT molecular complexity index is 540. The topological polar surface area (TPSA) is 53.0 Å². The summed E-state index contributed by atoms with van der Waals surface area (Å²) in [5.41, 5.74) is 0.120. The van der Waals surface area contributed by atoms with Crippen molar-refractivity contribution in [3.63, 3.8) is 0 Å². The summed E-state index contributed by atoms with van der Waals surface area (Å²) >= 11 is 0. The highest BCUT2D eigenvalue weighted by atomic mass is 19.3. The van der Waals surface area contributed by atoms with Crippen molar-refractivity contribution in [1.29, 1.82) is 0 Å². The van der Waals surface area contributed by atoms with E-state index in [2.05, 4.69) is 4.74 Å². The summed E-state index contributed by atoms with van der Waals surface area (Å²) in [4.78, 5) is 16.3. The van der Waals surface area contributed by atoms with Gasteiger partial charge in [-0.15, -0.1) is 0 Å².